The first-order valence-corrected chi connectivity index (χ1v) is 7.73. The largest absolute Gasteiger partial charge is 0.341 e. The van der Waals surface area contributed by atoms with Gasteiger partial charge in [0.15, 0.2) is 0 Å². The summed E-state index contributed by atoms with van der Waals surface area (Å²) < 4.78 is 0. The average Bonchev–Trinajstić information content (AvgIpc) is 2.48. The second kappa shape index (κ2) is 5.87. The summed E-state index contributed by atoms with van der Waals surface area (Å²) in [4.78, 5) is 12.1. The van der Waals surface area contributed by atoms with Crippen LogP contribution in [0.2, 0.25) is 0 Å². The van der Waals surface area contributed by atoms with Crippen molar-refractivity contribution < 1.29 is 0 Å². The lowest BCUT2D eigenvalue weighted by Gasteiger charge is -2.29. The molecule has 3 rings (SSSR count). The van der Waals surface area contributed by atoms with E-state index in [1.807, 2.05) is 0 Å². The molecule has 0 aliphatic carbocycles. The fourth-order valence-electron chi connectivity index (χ4n) is 3.10. The first-order valence-electron chi connectivity index (χ1n) is 7.73. The first-order chi connectivity index (χ1) is 9.38. The van der Waals surface area contributed by atoms with E-state index in [1.54, 1.807) is 0 Å². The van der Waals surface area contributed by atoms with Crippen LogP contribution in [0.15, 0.2) is 0 Å². The van der Waals surface area contributed by atoms with Crippen LogP contribution >= 0.6 is 0 Å². The van der Waals surface area contributed by atoms with E-state index in [9.17, 15) is 0 Å². The zero-order chi connectivity index (χ0) is 13.1. The molecular weight excluding hydrogens is 236 g/mol. The summed E-state index contributed by atoms with van der Waals surface area (Å²) in [5.41, 5.74) is 3.96. The van der Waals surface area contributed by atoms with Gasteiger partial charge in [-0.1, -0.05) is 13.3 Å². The SMILES string of the molecule is CCCc1nc(N2CCCCC2)nc2c1CCNC2. The number of aryl methyl sites for hydroxylation is 1. The molecule has 0 bridgehead atoms. The monoisotopic (exact) mass is 260 g/mol. The number of anilines is 1. The van der Waals surface area contributed by atoms with Crippen LogP contribution in [0.1, 0.15) is 49.6 Å². The molecule has 4 heteroatoms. The van der Waals surface area contributed by atoms with Crippen molar-refractivity contribution in [1.29, 1.82) is 0 Å². The molecule has 0 spiro atoms. The summed E-state index contributed by atoms with van der Waals surface area (Å²) in [6.45, 7) is 6.46. The number of rotatable bonds is 3. The van der Waals surface area contributed by atoms with E-state index >= 15 is 0 Å². The Bertz CT molecular complexity index is 438. The normalized spacial score (nSPS) is 19.3. The van der Waals surface area contributed by atoms with Gasteiger partial charge in [0, 0.05) is 25.3 Å². The van der Waals surface area contributed by atoms with Crippen molar-refractivity contribution in [3.05, 3.63) is 17.0 Å². The van der Waals surface area contributed by atoms with Crippen LogP contribution in [0.25, 0.3) is 0 Å². The van der Waals surface area contributed by atoms with Crippen molar-refractivity contribution in [1.82, 2.24) is 15.3 Å². The molecule has 0 aromatic carbocycles. The lowest BCUT2D eigenvalue weighted by atomic mass is 10.0. The molecule has 3 heterocycles. The molecule has 1 aromatic heterocycles. The van der Waals surface area contributed by atoms with E-state index in [2.05, 4.69) is 17.1 Å². The van der Waals surface area contributed by atoms with Crippen molar-refractivity contribution >= 4 is 5.95 Å². The van der Waals surface area contributed by atoms with Crippen LogP contribution in [-0.2, 0) is 19.4 Å². The van der Waals surface area contributed by atoms with Gasteiger partial charge in [-0.2, -0.15) is 0 Å². The van der Waals surface area contributed by atoms with E-state index in [0.29, 0.717) is 0 Å². The molecule has 0 amide bonds. The summed E-state index contributed by atoms with van der Waals surface area (Å²) in [5.74, 6) is 0.977. The van der Waals surface area contributed by atoms with Gasteiger partial charge in [0.25, 0.3) is 0 Å². The van der Waals surface area contributed by atoms with Crippen LogP contribution in [-0.4, -0.2) is 29.6 Å². The minimum absolute atomic E-state index is 0.912. The van der Waals surface area contributed by atoms with Gasteiger partial charge in [0.05, 0.1) is 5.69 Å². The molecule has 2 aliphatic rings. The van der Waals surface area contributed by atoms with Crippen LogP contribution in [0.3, 0.4) is 0 Å². The molecular formula is C15H24N4. The highest BCUT2D eigenvalue weighted by atomic mass is 15.3. The maximum Gasteiger partial charge on any atom is 0.225 e. The lowest BCUT2D eigenvalue weighted by Crippen LogP contribution is -2.33. The molecule has 4 nitrogen and oxygen atoms in total. The fraction of sp³-hybridized carbons (Fsp3) is 0.733. The molecule has 104 valence electrons. The second-order valence-corrected chi connectivity index (χ2v) is 5.62. The van der Waals surface area contributed by atoms with Gasteiger partial charge < -0.3 is 10.2 Å². The lowest BCUT2D eigenvalue weighted by molar-refractivity contribution is 0.558. The predicted molar refractivity (Wildman–Crippen MR) is 77.5 cm³/mol. The Morgan fingerprint density at radius 3 is 2.79 bits per heavy atom. The van der Waals surface area contributed by atoms with Crippen molar-refractivity contribution in [2.75, 3.05) is 24.5 Å². The van der Waals surface area contributed by atoms with E-state index < -0.39 is 0 Å². The predicted octanol–water partition coefficient (Wildman–Crippen LogP) is 2.07. The number of nitrogens with one attached hydrogen (secondary N) is 1. The molecule has 19 heavy (non-hydrogen) atoms. The number of fused-ring (bicyclic) bond motifs is 1. The third-order valence-corrected chi connectivity index (χ3v) is 4.14. The van der Waals surface area contributed by atoms with Crippen molar-refractivity contribution in [2.24, 2.45) is 0 Å². The number of piperidine rings is 1. The highest BCUT2D eigenvalue weighted by Crippen LogP contribution is 2.22. The molecule has 1 saturated heterocycles. The number of hydrogen-bond donors (Lipinski definition) is 1. The van der Waals surface area contributed by atoms with E-state index in [1.165, 1.54) is 36.2 Å². The molecule has 0 atom stereocenters. The second-order valence-electron chi connectivity index (χ2n) is 5.62. The Labute approximate surface area is 115 Å². The van der Waals surface area contributed by atoms with Gasteiger partial charge in [-0.15, -0.1) is 0 Å². The summed E-state index contributed by atoms with van der Waals surface area (Å²) in [5, 5.41) is 3.43. The smallest absolute Gasteiger partial charge is 0.225 e. The number of nitrogens with zero attached hydrogens (tertiary/aromatic N) is 3. The number of aromatic nitrogens is 2. The topological polar surface area (TPSA) is 41.1 Å². The van der Waals surface area contributed by atoms with Gasteiger partial charge in [-0.3, -0.25) is 0 Å². The summed E-state index contributed by atoms with van der Waals surface area (Å²) in [6, 6.07) is 0. The highest BCUT2D eigenvalue weighted by molar-refractivity contribution is 5.39. The number of hydrogen-bond acceptors (Lipinski definition) is 4. The Balaban J connectivity index is 1.93. The molecule has 0 unspecified atom stereocenters. The molecule has 1 fully saturated rings. The van der Waals surface area contributed by atoms with Crippen LogP contribution in [0, 0.1) is 0 Å². The Kier molecular flexibility index (Phi) is 3.97. The zero-order valence-corrected chi connectivity index (χ0v) is 11.9. The first kappa shape index (κ1) is 12.9. The Morgan fingerprint density at radius 1 is 1.16 bits per heavy atom. The third kappa shape index (κ3) is 2.73. The van der Waals surface area contributed by atoms with Crippen LogP contribution < -0.4 is 10.2 Å². The van der Waals surface area contributed by atoms with Gasteiger partial charge in [-0.05, 0) is 44.2 Å². The molecule has 2 aliphatic heterocycles. The standard InChI is InChI=1S/C15H24N4/c1-2-6-13-12-7-8-16-11-14(12)18-15(17-13)19-9-4-3-5-10-19/h16H,2-11H2,1H3. The summed E-state index contributed by atoms with van der Waals surface area (Å²) >= 11 is 0. The molecule has 0 saturated carbocycles. The summed E-state index contributed by atoms with van der Waals surface area (Å²) in [6.07, 6.45) is 7.25. The maximum atomic E-state index is 4.89. The molecule has 1 N–H and O–H groups in total. The Hall–Kier alpha value is -1.16. The molecule has 1 aromatic rings. The van der Waals surface area contributed by atoms with Crippen LogP contribution in [0.5, 0.6) is 0 Å². The average molecular weight is 260 g/mol. The Morgan fingerprint density at radius 2 is 2.00 bits per heavy atom. The van der Waals surface area contributed by atoms with Gasteiger partial charge in [0.1, 0.15) is 0 Å². The summed E-state index contributed by atoms with van der Waals surface area (Å²) in [7, 11) is 0. The van der Waals surface area contributed by atoms with E-state index in [0.717, 1.165) is 51.4 Å². The van der Waals surface area contributed by atoms with Crippen molar-refractivity contribution in [3.63, 3.8) is 0 Å². The zero-order valence-electron chi connectivity index (χ0n) is 11.9. The van der Waals surface area contributed by atoms with Crippen molar-refractivity contribution in [2.45, 2.75) is 52.0 Å². The minimum Gasteiger partial charge on any atom is -0.341 e. The minimum atomic E-state index is 0.912. The van der Waals surface area contributed by atoms with Crippen molar-refractivity contribution in [3.8, 4) is 0 Å². The quantitative estimate of drug-likeness (QED) is 0.903. The third-order valence-electron chi connectivity index (χ3n) is 4.14. The maximum absolute atomic E-state index is 4.89. The van der Waals surface area contributed by atoms with Crippen LogP contribution in [0.4, 0.5) is 5.95 Å². The fourth-order valence-corrected chi connectivity index (χ4v) is 3.10. The van der Waals surface area contributed by atoms with Gasteiger partial charge in [-0.25, -0.2) is 9.97 Å². The van der Waals surface area contributed by atoms with E-state index in [-0.39, 0.29) is 0 Å². The van der Waals surface area contributed by atoms with Gasteiger partial charge in [0.2, 0.25) is 5.95 Å². The molecule has 0 radical (unpaired) electrons. The van der Waals surface area contributed by atoms with E-state index in [4.69, 9.17) is 9.97 Å². The van der Waals surface area contributed by atoms with Gasteiger partial charge >= 0.3 is 0 Å². The highest BCUT2D eigenvalue weighted by Gasteiger charge is 2.20.